The number of pyridine rings is 1. The minimum absolute atomic E-state index is 0.462. The van der Waals surface area contributed by atoms with E-state index in [0.717, 1.165) is 37.6 Å². The molecular formula is C23H18BrN3O. The minimum Gasteiger partial charge on any atom is -0.380 e. The number of nitrogens with zero attached hydrogens (tertiary/aromatic N) is 1. The van der Waals surface area contributed by atoms with Crippen molar-refractivity contribution in [2.75, 3.05) is 5.32 Å². The Hall–Kier alpha value is -3.18. The molecule has 1 amide bonds. The van der Waals surface area contributed by atoms with Crippen molar-refractivity contribution in [2.24, 2.45) is 5.73 Å². The molecule has 3 aromatic carbocycles. The summed E-state index contributed by atoms with van der Waals surface area (Å²) in [4.78, 5) is 16.1. The van der Waals surface area contributed by atoms with Gasteiger partial charge in [0.25, 0.3) is 5.91 Å². The van der Waals surface area contributed by atoms with Crippen molar-refractivity contribution in [3.05, 3.63) is 94.7 Å². The van der Waals surface area contributed by atoms with E-state index in [1.807, 2.05) is 36.4 Å². The number of amides is 1. The van der Waals surface area contributed by atoms with Gasteiger partial charge in [-0.1, -0.05) is 52.3 Å². The highest BCUT2D eigenvalue weighted by Crippen LogP contribution is 2.38. The van der Waals surface area contributed by atoms with Gasteiger partial charge in [0.1, 0.15) is 0 Å². The first kappa shape index (κ1) is 18.2. The summed E-state index contributed by atoms with van der Waals surface area (Å²) in [6, 6.07) is 21.9. The number of benzene rings is 3. The highest BCUT2D eigenvalue weighted by atomic mass is 79.9. The Morgan fingerprint density at radius 3 is 2.36 bits per heavy atom. The molecule has 0 fully saturated rings. The predicted octanol–water partition coefficient (Wildman–Crippen LogP) is 5.38. The van der Waals surface area contributed by atoms with Gasteiger partial charge in [0.2, 0.25) is 0 Å². The highest BCUT2D eigenvalue weighted by Gasteiger charge is 2.16. The predicted molar refractivity (Wildman–Crippen MR) is 117 cm³/mol. The van der Waals surface area contributed by atoms with Crippen LogP contribution in [0, 0.1) is 0 Å². The summed E-state index contributed by atoms with van der Waals surface area (Å²) in [7, 11) is 0. The van der Waals surface area contributed by atoms with Gasteiger partial charge in [0.15, 0.2) is 0 Å². The molecule has 1 heterocycles. The first-order valence-electron chi connectivity index (χ1n) is 8.88. The van der Waals surface area contributed by atoms with E-state index in [2.05, 4.69) is 50.5 Å². The van der Waals surface area contributed by atoms with Crippen LogP contribution in [0.15, 0.2) is 83.6 Å². The topological polar surface area (TPSA) is 68.0 Å². The van der Waals surface area contributed by atoms with Gasteiger partial charge in [-0.15, -0.1) is 0 Å². The van der Waals surface area contributed by atoms with Gasteiger partial charge in [-0.05, 0) is 52.2 Å². The van der Waals surface area contributed by atoms with E-state index in [1.54, 1.807) is 18.5 Å². The van der Waals surface area contributed by atoms with Gasteiger partial charge in [0.05, 0.1) is 11.3 Å². The SMILES string of the molecule is NC(=O)c1cccc(-c2cc3ccccc3cc2Br)c1NCc1ccncc1. The Kier molecular flexibility index (Phi) is 5.08. The van der Waals surface area contributed by atoms with Crippen LogP contribution < -0.4 is 11.1 Å². The number of aromatic nitrogens is 1. The fraction of sp³-hybridized carbons (Fsp3) is 0.0435. The molecule has 0 aliphatic heterocycles. The molecule has 0 spiro atoms. The number of hydrogen-bond donors (Lipinski definition) is 2. The Balaban J connectivity index is 1.84. The van der Waals surface area contributed by atoms with E-state index < -0.39 is 5.91 Å². The first-order chi connectivity index (χ1) is 13.6. The number of halogens is 1. The van der Waals surface area contributed by atoms with Crippen LogP contribution in [0.4, 0.5) is 5.69 Å². The first-order valence-corrected chi connectivity index (χ1v) is 9.67. The van der Waals surface area contributed by atoms with Crippen LogP contribution in [-0.2, 0) is 6.54 Å². The van der Waals surface area contributed by atoms with Crippen LogP contribution in [0.2, 0.25) is 0 Å². The Morgan fingerprint density at radius 2 is 1.64 bits per heavy atom. The van der Waals surface area contributed by atoms with E-state index in [9.17, 15) is 4.79 Å². The fourth-order valence-electron chi connectivity index (χ4n) is 3.28. The molecule has 0 atom stereocenters. The molecule has 4 nitrogen and oxygen atoms in total. The maximum Gasteiger partial charge on any atom is 0.250 e. The molecule has 5 heteroatoms. The summed E-state index contributed by atoms with van der Waals surface area (Å²) in [6.45, 7) is 0.561. The zero-order chi connectivity index (χ0) is 19.5. The average Bonchev–Trinajstić information content (AvgIpc) is 2.72. The normalized spacial score (nSPS) is 10.8. The number of anilines is 1. The number of hydrogen-bond acceptors (Lipinski definition) is 3. The van der Waals surface area contributed by atoms with Crippen molar-refractivity contribution in [2.45, 2.75) is 6.54 Å². The number of carbonyl (C=O) groups excluding carboxylic acids is 1. The Morgan fingerprint density at radius 1 is 0.929 bits per heavy atom. The van der Waals surface area contributed by atoms with Gasteiger partial charge in [-0.25, -0.2) is 0 Å². The third kappa shape index (κ3) is 3.62. The second-order valence-corrected chi connectivity index (χ2v) is 7.33. The van der Waals surface area contributed by atoms with Gasteiger partial charge in [0, 0.05) is 29.0 Å². The molecule has 4 aromatic rings. The lowest BCUT2D eigenvalue weighted by atomic mass is 9.97. The third-order valence-electron chi connectivity index (χ3n) is 4.67. The van der Waals surface area contributed by atoms with E-state index in [4.69, 9.17) is 5.73 Å². The highest BCUT2D eigenvalue weighted by molar-refractivity contribution is 9.10. The second-order valence-electron chi connectivity index (χ2n) is 6.48. The number of para-hydroxylation sites is 1. The van der Waals surface area contributed by atoms with Crippen molar-refractivity contribution >= 4 is 38.3 Å². The largest absolute Gasteiger partial charge is 0.380 e. The molecule has 138 valence electrons. The van der Waals surface area contributed by atoms with Gasteiger partial charge < -0.3 is 11.1 Å². The number of nitrogens with two attached hydrogens (primary N) is 1. The van der Waals surface area contributed by atoms with Crippen molar-refractivity contribution < 1.29 is 4.79 Å². The number of nitrogens with one attached hydrogen (secondary N) is 1. The lowest BCUT2D eigenvalue weighted by Gasteiger charge is -2.17. The van der Waals surface area contributed by atoms with Crippen molar-refractivity contribution in [3.63, 3.8) is 0 Å². The number of rotatable bonds is 5. The number of carbonyl (C=O) groups is 1. The van der Waals surface area contributed by atoms with E-state index in [0.29, 0.717) is 12.1 Å². The molecule has 0 saturated carbocycles. The molecule has 0 radical (unpaired) electrons. The minimum atomic E-state index is -0.462. The van der Waals surface area contributed by atoms with Crippen LogP contribution in [0.5, 0.6) is 0 Å². The van der Waals surface area contributed by atoms with Crippen LogP contribution in [0.3, 0.4) is 0 Å². The fourth-order valence-corrected chi connectivity index (χ4v) is 3.86. The Labute approximate surface area is 171 Å². The van der Waals surface area contributed by atoms with Crippen molar-refractivity contribution in [3.8, 4) is 11.1 Å². The summed E-state index contributed by atoms with van der Waals surface area (Å²) in [5.74, 6) is -0.462. The summed E-state index contributed by atoms with van der Waals surface area (Å²) >= 11 is 3.69. The molecule has 0 saturated heterocycles. The molecule has 0 unspecified atom stereocenters. The van der Waals surface area contributed by atoms with E-state index >= 15 is 0 Å². The van der Waals surface area contributed by atoms with Crippen LogP contribution >= 0.6 is 15.9 Å². The van der Waals surface area contributed by atoms with Crippen LogP contribution in [-0.4, -0.2) is 10.9 Å². The average molecular weight is 432 g/mol. The lowest BCUT2D eigenvalue weighted by Crippen LogP contribution is -2.15. The lowest BCUT2D eigenvalue weighted by molar-refractivity contribution is 0.100. The maximum atomic E-state index is 12.1. The molecule has 0 aliphatic carbocycles. The molecule has 1 aromatic heterocycles. The summed E-state index contributed by atoms with van der Waals surface area (Å²) in [6.07, 6.45) is 3.50. The zero-order valence-electron chi connectivity index (χ0n) is 15.0. The number of fused-ring (bicyclic) bond motifs is 1. The second kappa shape index (κ2) is 7.82. The Bertz CT molecular complexity index is 1160. The van der Waals surface area contributed by atoms with Gasteiger partial charge in [-0.2, -0.15) is 0 Å². The van der Waals surface area contributed by atoms with Gasteiger partial charge >= 0.3 is 0 Å². The molecule has 0 bridgehead atoms. The molecule has 0 aliphatic rings. The van der Waals surface area contributed by atoms with Crippen LogP contribution in [0.1, 0.15) is 15.9 Å². The van der Waals surface area contributed by atoms with E-state index in [-0.39, 0.29) is 0 Å². The van der Waals surface area contributed by atoms with Gasteiger partial charge in [-0.3, -0.25) is 9.78 Å². The summed E-state index contributed by atoms with van der Waals surface area (Å²) in [5.41, 5.74) is 9.83. The summed E-state index contributed by atoms with van der Waals surface area (Å²) in [5, 5.41) is 5.68. The smallest absolute Gasteiger partial charge is 0.250 e. The van der Waals surface area contributed by atoms with E-state index in [1.165, 1.54) is 0 Å². The maximum absolute atomic E-state index is 12.1. The van der Waals surface area contributed by atoms with Crippen molar-refractivity contribution in [1.82, 2.24) is 4.98 Å². The molecule has 4 rings (SSSR count). The third-order valence-corrected chi connectivity index (χ3v) is 5.33. The quantitative estimate of drug-likeness (QED) is 0.445. The number of primary amides is 1. The summed E-state index contributed by atoms with van der Waals surface area (Å²) < 4.78 is 0.958. The van der Waals surface area contributed by atoms with Crippen LogP contribution in [0.25, 0.3) is 21.9 Å². The standard InChI is InChI=1S/C23H18BrN3O/c24-21-13-17-5-2-1-4-16(17)12-20(21)18-6-3-7-19(23(25)28)22(18)27-14-15-8-10-26-11-9-15/h1-13,27H,14H2,(H2,25,28). The monoisotopic (exact) mass is 431 g/mol. The zero-order valence-corrected chi connectivity index (χ0v) is 16.6. The molecular weight excluding hydrogens is 414 g/mol. The molecule has 3 N–H and O–H groups in total. The molecule has 28 heavy (non-hydrogen) atoms. The van der Waals surface area contributed by atoms with Crippen molar-refractivity contribution in [1.29, 1.82) is 0 Å².